The number of carbonyl (C=O) groups is 3. The van der Waals surface area contributed by atoms with Gasteiger partial charge in [0.25, 0.3) is 0 Å². The highest BCUT2D eigenvalue weighted by Crippen LogP contribution is 2.37. The molecule has 0 bridgehead atoms. The molecule has 2 saturated heterocycles. The number of likely N-dealkylation sites (tertiary alicyclic amines) is 1. The zero-order valence-corrected chi connectivity index (χ0v) is 23.3. The number of piperidine rings is 1. The summed E-state index contributed by atoms with van der Waals surface area (Å²) >= 11 is 0. The van der Waals surface area contributed by atoms with Gasteiger partial charge in [0.15, 0.2) is 0 Å². The van der Waals surface area contributed by atoms with E-state index in [1.807, 2.05) is 0 Å². The summed E-state index contributed by atoms with van der Waals surface area (Å²) in [5.41, 5.74) is 2.64. The first-order chi connectivity index (χ1) is 20.1. The molecule has 1 aromatic heterocycles. The van der Waals surface area contributed by atoms with E-state index in [0.717, 1.165) is 37.9 Å². The average Bonchev–Trinajstić information content (AvgIpc) is 3.71. The van der Waals surface area contributed by atoms with Crippen LogP contribution in [-0.4, -0.2) is 111 Å². The number of aryl methyl sites for hydroxylation is 1. The van der Waals surface area contributed by atoms with E-state index in [9.17, 15) is 39.5 Å². The van der Waals surface area contributed by atoms with E-state index in [1.165, 1.54) is 51.0 Å². The van der Waals surface area contributed by atoms with Crippen molar-refractivity contribution in [1.29, 1.82) is 0 Å². The summed E-state index contributed by atoms with van der Waals surface area (Å²) in [6.07, 6.45) is -9.88. The number of morpholine rings is 1. The lowest BCUT2D eigenvalue weighted by atomic mass is 9.85. The van der Waals surface area contributed by atoms with Crippen LogP contribution in [0.4, 0.5) is 39.5 Å². The Balaban J connectivity index is 0.000000379. The van der Waals surface area contributed by atoms with Crippen LogP contribution in [0.1, 0.15) is 37.1 Å². The third kappa shape index (κ3) is 14.5. The molecule has 0 aromatic carbocycles. The van der Waals surface area contributed by atoms with E-state index in [1.54, 1.807) is 0 Å². The second-order valence-electron chi connectivity index (χ2n) is 10.1. The van der Waals surface area contributed by atoms with Gasteiger partial charge in [-0.3, -0.25) is 14.8 Å². The first-order valence-corrected chi connectivity index (χ1v) is 12.9. The van der Waals surface area contributed by atoms with Crippen LogP contribution in [0.15, 0.2) is 18.2 Å². The van der Waals surface area contributed by atoms with Crippen molar-refractivity contribution in [2.24, 2.45) is 5.92 Å². The molecule has 3 N–H and O–H groups in total. The molecule has 0 atom stereocenters. The quantitative estimate of drug-likeness (QED) is 0.400. The molecule has 252 valence electrons. The molecule has 0 radical (unpaired) electrons. The molecule has 44 heavy (non-hydrogen) atoms. The highest BCUT2D eigenvalue weighted by atomic mass is 19.4. The Morgan fingerprint density at radius 1 is 0.864 bits per heavy atom. The van der Waals surface area contributed by atoms with E-state index >= 15 is 0 Å². The lowest BCUT2D eigenvalue weighted by molar-refractivity contribution is -0.193. The maximum atomic E-state index is 10.6. The van der Waals surface area contributed by atoms with E-state index in [4.69, 9.17) is 34.4 Å². The number of ether oxygens (including phenoxy) is 1. The Labute approximate surface area is 245 Å². The van der Waals surface area contributed by atoms with Crippen LogP contribution in [0.5, 0.6) is 0 Å². The number of hydrogen-bond acceptors (Lipinski definition) is 7. The molecule has 1 spiro atoms. The third-order valence-corrected chi connectivity index (χ3v) is 6.57. The summed E-state index contributed by atoms with van der Waals surface area (Å²) in [4.78, 5) is 36.7. The molecule has 10 nitrogen and oxygen atoms in total. The molecule has 2 aliphatic heterocycles. The molecule has 1 saturated carbocycles. The smallest absolute Gasteiger partial charge is 0.475 e. The Morgan fingerprint density at radius 3 is 1.70 bits per heavy atom. The Hall–Kier alpha value is -3.19. The van der Waals surface area contributed by atoms with Crippen molar-refractivity contribution in [3.63, 3.8) is 0 Å². The van der Waals surface area contributed by atoms with Crippen molar-refractivity contribution in [3.05, 3.63) is 29.6 Å². The van der Waals surface area contributed by atoms with E-state index in [-0.39, 0.29) is 0 Å². The van der Waals surface area contributed by atoms with Gasteiger partial charge in [-0.1, -0.05) is 6.07 Å². The van der Waals surface area contributed by atoms with Gasteiger partial charge in [-0.25, -0.2) is 14.4 Å². The first kappa shape index (κ1) is 38.8. The monoisotopic (exact) mass is 657 g/mol. The standard InChI is InChI=1S/C19H29N3O.3C2HF3O2/c1-16-3-2-4-18(20-16)14-21-9-7-19(8-10-21)15-23-12-11-22(19)13-17-5-6-17;3*3-2(4,5)1(6)7/h2-4,17H,5-15H2,1H3;3*(H,6,7). The Bertz CT molecular complexity index is 1030. The van der Waals surface area contributed by atoms with Gasteiger partial charge in [-0.2, -0.15) is 39.5 Å². The predicted octanol–water partition coefficient (Wildman–Crippen LogP) is 4.37. The second-order valence-corrected chi connectivity index (χ2v) is 10.1. The number of halogens is 9. The van der Waals surface area contributed by atoms with Gasteiger partial charge in [0.1, 0.15) is 0 Å². The first-order valence-electron chi connectivity index (χ1n) is 12.9. The van der Waals surface area contributed by atoms with Crippen molar-refractivity contribution < 1.29 is 74.0 Å². The third-order valence-electron chi connectivity index (χ3n) is 6.57. The van der Waals surface area contributed by atoms with Crippen molar-refractivity contribution in [2.75, 3.05) is 39.4 Å². The van der Waals surface area contributed by atoms with Gasteiger partial charge in [0.05, 0.1) is 18.9 Å². The molecule has 1 aromatic rings. The SMILES string of the molecule is Cc1cccc(CN2CCC3(CC2)COCCN3CC2CC2)n1.O=C(O)C(F)(F)F.O=C(O)C(F)(F)F.O=C(O)C(F)(F)F. The summed E-state index contributed by atoms with van der Waals surface area (Å²) in [6, 6.07) is 6.35. The van der Waals surface area contributed by atoms with Crippen molar-refractivity contribution in [3.8, 4) is 0 Å². The van der Waals surface area contributed by atoms with Crippen LogP contribution in [-0.2, 0) is 25.7 Å². The molecular weight excluding hydrogens is 625 g/mol. The summed E-state index contributed by atoms with van der Waals surface area (Å²) in [5.74, 6) is -7.30. The van der Waals surface area contributed by atoms with Crippen LogP contribution >= 0.6 is 0 Å². The minimum absolute atomic E-state index is 0.317. The normalized spacial score (nSPS) is 18.9. The van der Waals surface area contributed by atoms with E-state index in [2.05, 4.69) is 39.9 Å². The van der Waals surface area contributed by atoms with Crippen LogP contribution in [0.2, 0.25) is 0 Å². The summed E-state index contributed by atoms with van der Waals surface area (Å²) in [6.45, 7) is 9.70. The molecule has 1 aliphatic carbocycles. The Morgan fingerprint density at radius 2 is 1.32 bits per heavy atom. The largest absolute Gasteiger partial charge is 0.490 e. The number of nitrogens with zero attached hydrogens (tertiary/aromatic N) is 3. The fraction of sp³-hybridized carbons (Fsp3) is 0.680. The van der Waals surface area contributed by atoms with Gasteiger partial charge in [0.2, 0.25) is 0 Å². The number of aliphatic carboxylic acids is 3. The summed E-state index contributed by atoms with van der Waals surface area (Å²) in [7, 11) is 0. The number of carboxylic acid groups (broad SMARTS) is 3. The molecular formula is C25H32F9N3O7. The number of aromatic nitrogens is 1. The highest BCUT2D eigenvalue weighted by Gasteiger charge is 2.44. The molecule has 19 heteroatoms. The number of pyridine rings is 1. The number of hydrogen-bond donors (Lipinski definition) is 3. The zero-order valence-electron chi connectivity index (χ0n) is 23.3. The van der Waals surface area contributed by atoms with E-state index in [0.29, 0.717) is 5.54 Å². The molecule has 3 fully saturated rings. The lowest BCUT2D eigenvalue weighted by Crippen LogP contribution is -2.61. The van der Waals surface area contributed by atoms with Crippen LogP contribution < -0.4 is 0 Å². The lowest BCUT2D eigenvalue weighted by Gasteiger charge is -2.51. The fourth-order valence-corrected chi connectivity index (χ4v) is 4.17. The van der Waals surface area contributed by atoms with Crippen molar-refractivity contribution in [2.45, 2.75) is 63.2 Å². The second kappa shape index (κ2) is 16.2. The van der Waals surface area contributed by atoms with Gasteiger partial charge >= 0.3 is 36.4 Å². The molecule has 4 rings (SSSR count). The van der Waals surface area contributed by atoms with Crippen LogP contribution in [0.25, 0.3) is 0 Å². The van der Waals surface area contributed by atoms with Gasteiger partial charge in [0, 0.05) is 44.0 Å². The average molecular weight is 658 g/mol. The van der Waals surface area contributed by atoms with Gasteiger partial charge < -0.3 is 20.1 Å². The molecule has 3 heterocycles. The van der Waals surface area contributed by atoms with Crippen molar-refractivity contribution >= 4 is 17.9 Å². The van der Waals surface area contributed by atoms with E-state index < -0.39 is 36.4 Å². The van der Waals surface area contributed by atoms with Crippen molar-refractivity contribution in [1.82, 2.24) is 14.8 Å². The minimum atomic E-state index is -5.08. The van der Waals surface area contributed by atoms with Gasteiger partial charge in [-0.15, -0.1) is 0 Å². The molecule has 3 aliphatic rings. The Kier molecular flexibility index (Phi) is 14.3. The zero-order chi connectivity index (χ0) is 33.9. The highest BCUT2D eigenvalue weighted by molar-refractivity contribution is 5.73. The summed E-state index contributed by atoms with van der Waals surface area (Å²) < 4.78 is 101. The predicted molar refractivity (Wildman–Crippen MR) is 132 cm³/mol. The van der Waals surface area contributed by atoms with Crippen LogP contribution in [0, 0.1) is 12.8 Å². The maximum absolute atomic E-state index is 10.6. The molecule has 0 unspecified atom stereocenters. The fourth-order valence-electron chi connectivity index (χ4n) is 4.17. The number of carboxylic acids is 3. The van der Waals surface area contributed by atoms with Gasteiger partial charge in [-0.05, 0) is 50.7 Å². The number of alkyl halides is 9. The number of rotatable bonds is 4. The molecule has 0 amide bonds. The topological polar surface area (TPSA) is 140 Å². The minimum Gasteiger partial charge on any atom is -0.475 e. The van der Waals surface area contributed by atoms with Crippen LogP contribution in [0.3, 0.4) is 0 Å². The summed E-state index contributed by atoms with van der Waals surface area (Å²) in [5, 5.41) is 21.4. The maximum Gasteiger partial charge on any atom is 0.490 e.